The third-order valence-electron chi connectivity index (χ3n) is 8.58. The van der Waals surface area contributed by atoms with Crippen molar-refractivity contribution >= 4 is 42.5 Å². The van der Waals surface area contributed by atoms with E-state index in [9.17, 15) is 30.8 Å². The number of aromatic nitrogens is 1. The van der Waals surface area contributed by atoms with Crippen LogP contribution in [0.3, 0.4) is 0 Å². The van der Waals surface area contributed by atoms with Gasteiger partial charge in [-0.05, 0) is 53.8 Å². The van der Waals surface area contributed by atoms with Gasteiger partial charge in [0.05, 0.1) is 40.2 Å². The Morgan fingerprint density at radius 1 is 1.20 bits per heavy atom. The maximum Gasteiger partial charge on any atom is 0.260 e. The molecule has 3 unspecified atom stereocenters. The topological polar surface area (TPSA) is 135 Å². The zero-order valence-electron chi connectivity index (χ0n) is 24.1. The molecular weight excluding hydrogens is 614 g/mol. The van der Waals surface area contributed by atoms with Gasteiger partial charge < -0.3 is 20.1 Å². The Morgan fingerprint density at radius 2 is 1.98 bits per heavy atom. The van der Waals surface area contributed by atoms with Gasteiger partial charge in [0.15, 0.2) is 19.7 Å². The molecule has 0 spiro atoms. The highest BCUT2D eigenvalue weighted by molar-refractivity contribution is 7.91. The number of fused-ring (bicyclic) bond motifs is 2. The number of nitrogens with one attached hydrogen (secondary N) is 2. The van der Waals surface area contributed by atoms with Gasteiger partial charge >= 0.3 is 0 Å². The number of hydrogen-bond acceptors (Lipinski definition) is 8. The Balaban J connectivity index is 1.43. The van der Waals surface area contributed by atoms with Crippen LogP contribution in [0, 0.1) is 17.6 Å². The van der Waals surface area contributed by atoms with Gasteiger partial charge in [0.1, 0.15) is 11.6 Å². The van der Waals surface area contributed by atoms with Crippen LogP contribution in [-0.4, -0.2) is 69.5 Å². The van der Waals surface area contributed by atoms with Crippen LogP contribution in [0.5, 0.6) is 0 Å². The predicted octanol–water partition coefficient (Wildman–Crippen LogP) is 1.89. The van der Waals surface area contributed by atoms with Crippen LogP contribution in [0.1, 0.15) is 30.4 Å². The van der Waals surface area contributed by atoms with E-state index < -0.39 is 43.4 Å². The van der Waals surface area contributed by atoms with Gasteiger partial charge in [0, 0.05) is 62.3 Å². The monoisotopic (exact) mass is 646 g/mol. The summed E-state index contributed by atoms with van der Waals surface area (Å²) in [4.78, 5) is 28.1. The fraction of sp³-hybridized carbons (Fsp3) is 0.400. The molecule has 2 aromatic rings. The summed E-state index contributed by atoms with van der Waals surface area (Å²) in [6, 6.07) is 3.95. The van der Waals surface area contributed by atoms with Crippen molar-refractivity contribution in [1.29, 1.82) is 0 Å². The van der Waals surface area contributed by atoms with Crippen LogP contribution < -0.4 is 21.1 Å². The Labute approximate surface area is 254 Å². The number of sulfone groups is 2. The number of hydrogen-bond donors (Lipinski definition) is 2. The summed E-state index contributed by atoms with van der Waals surface area (Å²) < 4.78 is 79.2. The number of allylic oxidation sites excluding steroid dienone is 1. The average molecular weight is 647 g/mol. The summed E-state index contributed by atoms with van der Waals surface area (Å²) in [5.41, 5.74) is 2.66. The van der Waals surface area contributed by atoms with Crippen LogP contribution >= 0.6 is 0 Å². The lowest BCUT2D eigenvalue weighted by atomic mass is 9.82. The van der Waals surface area contributed by atoms with Crippen LogP contribution in [0.15, 0.2) is 58.7 Å². The van der Waals surface area contributed by atoms with E-state index in [1.807, 2.05) is 0 Å². The fourth-order valence-corrected chi connectivity index (χ4v) is 9.12. The van der Waals surface area contributed by atoms with E-state index in [0.717, 1.165) is 18.4 Å². The second-order valence-electron chi connectivity index (χ2n) is 11.9. The molecule has 0 saturated carbocycles. The molecule has 1 aromatic carbocycles. The van der Waals surface area contributed by atoms with Crippen molar-refractivity contribution in [1.82, 2.24) is 15.2 Å². The Bertz CT molecular complexity index is 1950. The molecule has 4 aliphatic rings. The first kappa shape index (κ1) is 30.3. The van der Waals surface area contributed by atoms with E-state index in [4.69, 9.17) is 0 Å². The van der Waals surface area contributed by atoms with Crippen molar-refractivity contribution in [2.24, 2.45) is 13.0 Å². The fourth-order valence-electron chi connectivity index (χ4n) is 6.64. The zero-order valence-corrected chi connectivity index (χ0v) is 25.8. The number of aryl methyl sites for hydroxylation is 1. The molecule has 1 aliphatic carbocycles. The molecule has 2 N–H and O–H groups in total. The van der Waals surface area contributed by atoms with E-state index in [-0.39, 0.29) is 46.8 Å². The van der Waals surface area contributed by atoms with Gasteiger partial charge in [0.2, 0.25) is 5.91 Å². The molecule has 234 valence electrons. The second kappa shape index (κ2) is 11.0. The Morgan fingerprint density at radius 3 is 2.66 bits per heavy atom. The van der Waals surface area contributed by atoms with Gasteiger partial charge in [-0.1, -0.05) is 0 Å². The smallest absolute Gasteiger partial charge is 0.260 e. The number of rotatable bonds is 7. The molecule has 1 amide bonds. The Hall–Kier alpha value is -3.78. The molecule has 4 heterocycles. The first-order valence-electron chi connectivity index (χ1n) is 14.2. The molecule has 6 rings (SSSR count). The molecule has 0 bridgehead atoms. The molecular formula is C30H32F2N4O6S2. The molecule has 1 aromatic heterocycles. The highest BCUT2D eigenvalue weighted by Crippen LogP contribution is 2.47. The highest BCUT2D eigenvalue weighted by atomic mass is 32.2. The van der Waals surface area contributed by atoms with Gasteiger partial charge in [-0.3, -0.25) is 9.59 Å². The van der Waals surface area contributed by atoms with Crippen molar-refractivity contribution in [2.45, 2.75) is 31.3 Å². The van der Waals surface area contributed by atoms with Crippen LogP contribution in [0.4, 0.5) is 14.5 Å². The number of carbonyl (C=O) groups excluding carboxylic acids is 1. The summed E-state index contributed by atoms with van der Waals surface area (Å²) in [5, 5.41) is 6.18. The number of halogens is 2. The van der Waals surface area contributed by atoms with E-state index in [2.05, 4.69) is 10.6 Å². The molecule has 1 fully saturated rings. The molecule has 14 heteroatoms. The minimum atomic E-state index is -3.52. The maximum atomic E-state index is 15.3. The lowest BCUT2D eigenvalue weighted by Crippen LogP contribution is -2.46. The van der Waals surface area contributed by atoms with Gasteiger partial charge in [-0.25, -0.2) is 25.6 Å². The quantitative estimate of drug-likeness (QED) is 0.466. The van der Waals surface area contributed by atoms with E-state index in [1.54, 1.807) is 36.5 Å². The normalized spacial score (nSPS) is 23.7. The standard InChI is InChI=1S/C30H32F2N4O6S2/c1-35-9-7-22-19(15-43(2,39)40)11-18-14-36(24-5-4-20(31)12-23(24)32)29-17(13-33-28(26(18)29)27(22)30(35)38)3-6-25(37)34-21-8-10-44(41,42)16-21/h4-5,7,9,11-12,14,17,21,29,33H,3,6,8,10,13,15-16H2,1-2H3,(H,34,37). The highest BCUT2D eigenvalue weighted by Gasteiger charge is 2.44. The number of benzene rings is 1. The minimum absolute atomic E-state index is 0.0336. The van der Waals surface area contributed by atoms with Crippen molar-refractivity contribution in [3.05, 3.63) is 87.0 Å². The average Bonchev–Trinajstić information content (AvgIpc) is 3.43. The van der Waals surface area contributed by atoms with E-state index >= 15 is 4.39 Å². The van der Waals surface area contributed by atoms with Crippen molar-refractivity contribution < 1.29 is 30.4 Å². The molecule has 1 saturated heterocycles. The number of amides is 1. The molecule has 10 nitrogen and oxygen atoms in total. The van der Waals surface area contributed by atoms with Crippen molar-refractivity contribution in [2.75, 3.05) is 35.0 Å². The lowest BCUT2D eigenvalue weighted by molar-refractivity contribution is -0.121. The lowest BCUT2D eigenvalue weighted by Gasteiger charge is -2.39. The van der Waals surface area contributed by atoms with Crippen LogP contribution in [-0.2, 0) is 31.5 Å². The largest absolute Gasteiger partial charge is 0.384 e. The minimum Gasteiger partial charge on any atom is -0.384 e. The summed E-state index contributed by atoms with van der Waals surface area (Å²) in [5.74, 6) is -2.53. The summed E-state index contributed by atoms with van der Waals surface area (Å²) in [7, 11) is -5.09. The van der Waals surface area contributed by atoms with E-state index in [0.29, 0.717) is 52.9 Å². The predicted molar refractivity (Wildman–Crippen MR) is 163 cm³/mol. The number of nitrogens with zero attached hydrogens (tertiary/aromatic N) is 2. The molecule has 3 atom stereocenters. The molecule has 44 heavy (non-hydrogen) atoms. The maximum absolute atomic E-state index is 15.3. The third kappa shape index (κ3) is 5.72. The van der Waals surface area contributed by atoms with Crippen molar-refractivity contribution in [3.63, 3.8) is 0 Å². The van der Waals surface area contributed by atoms with Crippen molar-refractivity contribution in [3.8, 4) is 0 Å². The van der Waals surface area contributed by atoms with Gasteiger partial charge in [-0.15, -0.1) is 0 Å². The molecule has 3 aliphatic heterocycles. The third-order valence-corrected chi connectivity index (χ3v) is 11.2. The van der Waals surface area contributed by atoms with Gasteiger partial charge in [-0.2, -0.15) is 0 Å². The number of carbonyl (C=O) groups is 1. The van der Waals surface area contributed by atoms with Gasteiger partial charge in [0.25, 0.3) is 5.56 Å². The second-order valence-corrected chi connectivity index (χ2v) is 16.3. The number of pyridine rings is 1. The summed E-state index contributed by atoms with van der Waals surface area (Å²) >= 11 is 0. The zero-order chi connectivity index (χ0) is 31.6. The van der Waals surface area contributed by atoms with E-state index in [1.165, 1.54) is 10.6 Å². The Kier molecular flexibility index (Phi) is 7.55. The summed E-state index contributed by atoms with van der Waals surface area (Å²) in [6.07, 6.45) is 6.84. The first-order valence-corrected chi connectivity index (χ1v) is 18.1. The van der Waals surface area contributed by atoms with Crippen LogP contribution in [0.25, 0.3) is 11.3 Å². The first-order chi connectivity index (χ1) is 20.7. The number of anilines is 1. The SMILES string of the molecule is Cn1ccc2c(c1=O)C1=C3C(=CN(c4ccc(F)cc4F)C3C(CCC(=O)NC3CCS(=O)(=O)C3)CN1)C=C2CS(C)(=O)=O. The summed E-state index contributed by atoms with van der Waals surface area (Å²) in [6.45, 7) is 0.300. The van der Waals surface area contributed by atoms with Crippen LogP contribution in [0.2, 0.25) is 0 Å². The molecule has 0 radical (unpaired) electrons.